The minimum atomic E-state index is 0. The molecule has 23 heavy (non-hydrogen) atoms. The highest BCUT2D eigenvalue weighted by Crippen LogP contribution is 2.18. The van der Waals surface area contributed by atoms with Crippen molar-refractivity contribution < 1.29 is 9.47 Å². The smallest absolute Gasteiger partial charge is 0.191 e. The second-order valence-corrected chi connectivity index (χ2v) is 5.34. The first-order chi connectivity index (χ1) is 10.7. The molecule has 1 atom stereocenters. The van der Waals surface area contributed by atoms with Gasteiger partial charge in [-0.1, -0.05) is 12.2 Å². The quantitative estimate of drug-likeness (QED) is 0.315. The summed E-state index contributed by atoms with van der Waals surface area (Å²) < 4.78 is 11.0. The molecule has 1 aromatic rings. The number of hydrogen-bond donors (Lipinski definition) is 2. The standard InChI is InChI=1S/C17H25N3O2.HI/c1-13(22-16-10-8-15(21-3)9-11-16)12-19-17(18-2)20-14-6-4-5-7-14;/h4-5,8-11,13-14H,6-7,12H2,1-3H3,(H2,18,19,20);1H. The highest BCUT2D eigenvalue weighted by Gasteiger charge is 2.12. The van der Waals surface area contributed by atoms with Gasteiger partial charge in [0.15, 0.2) is 5.96 Å². The Kier molecular flexibility index (Phi) is 8.83. The van der Waals surface area contributed by atoms with Crippen molar-refractivity contribution in [2.24, 2.45) is 4.99 Å². The Morgan fingerprint density at radius 1 is 1.22 bits per heavy atom. The fourth-order valence-electron chi connectivity index (χ4n) is 2.29. The van der Waals surface area contributed by atoms with Gasteiger partial charge in [0, 0.05) is 13.1 Å². The molecule has 0 fully saturated rings. The molecule has 1 aliphatic rings. The van der Waals surface area contributed by atoms with E-state index in [0.29, 0.717) is 12.6 Å². The van der Waals surface area contributed by atoms with Crippen molar-refractivity contribution in [3.05, 3.63) is 36.4 Å². The molecule has 2 rings (SSSR count). The first-order valence-electron chi connectivity index (χ1n) is 7.64. The summed E-state index contributed by atoms with van der Waals surface area (Å²) in [7, 11) is 3.44. The summed E-state index contributed by atoms with van der Waals surface area (Å²) in [5, 5.41) is 6.70. The van der Waals surface area contributed by atoms with Gasteiger partial charge < -0.3 is 20.1 Å². The van der Waals surface area contributed by atoms with Crippen LogP contribution < -0.4 is 20.1 Å². The summed E-state index contributed by atoms with van der Waals surface area (Å²) in [4.78, 5) is 4.25. The Balaban J connectivity index is 0.00000264. The van der Waals surface area contributed by atoms with Crippen molar-refractivity contribution in [3.8, 4) is 11.5 Å². The molecule has 128 valence electrons. The number of aliphatic imine (C=N–C) groups is 1. The lowest BCUT2D eigenvalue weighted by Gasteiger charge is -2.20. The van der Waals surface area contributed by atoms with Crippen LogP contribution in [0.1, 0.15) is 19.8 Å². The molecule has 0 radical (unpaired) electrons. The van der Waals surface area contributed by atoms with Crippen LogP contribution in [0.4, 0.5) is 0 Å². The van der Waals surface area contributed by atoms with E-state index in [1.54, 1.807) is 14.2 Å². The summed E-state index contributed by atoms with van der Waals surface area (Å²) in [5.41, 5.74) is 0. The highest BCUT2D eigenvalue weighted by atomic mass is 127. The minimum absolute atomic E-state index is 0. The molecular formula is C17H26IN3O2. The Morgan fingerprint density at radius 3 is 2.39 bits per heavy atom. The monoisotopic (exact) mass is 431 g/mol. The van der Waals surface area contributed by atoms with Gasteiger partial charge in [-0.2, -0.15) is 0 Å². The van der Waals surface area contributed by atoms with E-state index >= 15 is 0 Å². The number of hydrogen-bond acceptors (Lipinski definition) is 3. The Labute approximate surface area is 155 Å². The number of halogens is 1. The molecule has 0 spiro atoms. The van der Waals surface area contributed by atoms with E-state index in [1.165, 1.54) is 0 Å². The van der Waals surface area contributed by atoms with E-state index in [0.717, 1.165) is 30.3 Å². The van der Waals surface area contributed by atoms with Gasteiger partial charge in [0.1, 0.15) is 17.6 Å². The van der Waals surface area contributed by atoms with Gasteiger partial charge in [0.05, 0.1) is 13.7 Å². The third-order valence-corrected chi connectivity index (χ3v) is 3.53. The molecule has 0 saturated heterocycles. The van der Waals surface area contributed by atoms with E-state index in [1.807, 2.05) is 31.2 Å². The van der Waals surface area contributed by atoms with Crippen molar-refractivity contribution in [2.45, 2.75) is 31.9 Å². The molecule has 0 heterocycles. The van der Waals surface area contributed by atoms with Crippen LogP contribution in [-0.2, 0) is 0 Å². The SMILES string of the molecule is CN=C(NCC(C)Oc1ccc(OC)cc1)NC1CC=CC1.I. The van der Waals surface area contributed by atoms with E-state index in [-0.39, 0.29) is 30.1 Å². The maximum absolute atomic E-state index is 5.87. The summed E-state index contributed by atoms with van der Waals surface area (Å²) in [6.07, 6.45) is 6.53. The van der Waals surface area contributed by atoms with Crippen LogP contribution in [0.2, 0.25) is 0 Å². The van der Waals surface area contributed by atoms with E-state index in [4.69, 9.17) is 9.47 Å². The number of nitrogens with zero attached hydrogens (tertiary/aromatic N) is 1. The number of guanidine groups is 1. The maximum atomic E-state index is 5.87. The van der Waals surface area contributed by atoms with E-state index in [2.05, 4.69) is 27.8 Å². The van der Waals surface area contributed by atoms with E-state index in [9.17, 15) is 0 Å². The third-order valence-electron chi connectivity index (χ3n) is 3.53. The first-order valence-corrected chi connectivity index (χ1v) is 7.64. The third kappa shape index (κ3) is 6.68. The summed E-state index contributed by atoms with van der Waals surface area (Å²) >= 11 is 0. The Bertz CT molecular complexity index is 509. The predicted octanol–water partition coefficient (Wildman–Crippen LogP) is 2.96. The molecule has 0 aliphatic heterocycles. The normalized spacial score (nSPS) is 15.7. The molecule has 6 heteroatoms. The molecule has 0 bridgehead atoms. The fraction of sp³-hybridized carbons (Fsp3) is 0.471. The average Bonchev–Trinajstić information content (AvgIpc) is 3.05. The molecule has 0 amide bonds. The molecule has 0 aromatic heterocycles. The van der Waals surface area contributed by atoms with Crippen LogP contribution in [0.3, 0.4) is 0 Å². The lowest BCUT2D eigenvalue weighted by Crippen LogP contribution is -2.45. The summed E-state index contributed by atoms with van der Waals surface area (Å²) in [6.45, 7) is 2.72. The summed E-state index contributed by atoms with van der Waals surface area (Å²) in [5.74, 6) is 2.48. The van der Waals surface area contributed by atoms with Crippen molar-refractivity contribution in [1.82, 2.24) is 10.6 Å². The van der Waals surface area contributed by atoms with Crippen LogP contribution in [0, 0.1) is 0 Å². The van der Waals surface area contributed by atoms with Gasteiger partial charge in [0.25, 0.3) is 0 Å². The van der Waals surface area contributed by atoms with Gasteiger partial charge in [-0.15, -0.1) is 24.0 Å². The van der Waals surface area contributed by atoms with Crippen LogP contribution in [0.25, 0.3) is 0 Å². The second kappa shape index (κ2) is 10.4. The van der Waals surface area contributed by atoms with Gasteiger partial charge in [-0.05, 0) is 44.0 Å². The molecule has 1 unspecified atom stereocenters. The van der Waals surface area contributed by atoms with E-state index < -0.39 is 0 Å². The first kappa shape index (κ1) is 19.6. The molecule has 5 nitrogen and oxygen atoms in total. The number of methoxy groups -OCH3 is 1. The van der Waals surface area contributed by atoms with Crippen molar-refractivity contribution in [1.29, 1.82) is 0 Å². The zero-order valence-corrected chi connectivity index (χ0v) is 16.2. The second-order valence-electron chi connectivity index (χ2n) is 5.34. The molecule has 2 N–H and O–H groups in total. The zero-order valence-electron chi connectivity index (χ0n) is 13.9. The number of ether oxygens (including phenoxy) is 2. The maximum Gasteiger partial charge on any atom is 0.191 e. The number of nitrogens with one attached hydrogen (secondary N) is 2. The van der Waals surface area contributed by atoms with Crippen LogP contribution >= 0.6 is 24.0 Å². The summed E-state index contributed by atoms with van der Waals surface area (Å²) in [6, 6.07) is 8.05. The van der Waals surface area contributed by atoms with Crippen LogP contribution in [-0.4, -0.2) is 38.8 Å². The van der Waals surface area contributed by atoms with Gasteiger partial charge >= 0.3 is 0 Å². The molecular weight excluding hydrogens is 405 g/mol. The highest BCUT2D eigenvalue weighted by molar-refractivity contribution is 14.0. The van der Waals surface area contributed by atoms with Crippen LogP contribution in [0.15, 0.2) is 41.4 Å². The van der Waals surface area contributed by atoms with Crippen molar-refractivity contribution >= 4 is 29.9 Å². The largest absolute Gasteiger partial charge is 0.497 e. The van der Waals surface area contributed by atoms with Crippen molar-refractivity contribution in [2.75, 3.05) is 20.7 Å². The Hall–Kier alpha value is -1.44. The lowest BCUT2D eigenvalue weighted by atomic mass is 10.2. The number of rotatable bonds is 6. The number of benzene rings is 1. The van der Waals surface area contributed by atoms with Crippen molar-refractivity contribution in [3.63, 3.8) is 0 Å². The topological polar surface area (TPSA) is 54.9 Å². The minimum Gasteiger partial charge on any atom is -0.497 e. The molecule has 1 aliphatic carbocycles. The molecule has 1 aromatic carbocycles. The molecule has 0 saturated carbocycles. The van der Waals surface area contributed by atoms with Gasteiger partial charge in [-0.3, -0.25) is 4.99 Å². The fourth-order valence-corrected chi connectivity index (χ4v) is 2.29. The van der Waals surface area contributed by atoms with Crippen LogP contribution in [0.5, 0.6) is 11.5 Å². The lowest BCUT2D eigenvalue weighted by molar-refractivity contribution is 0.223. The van der Waals surface area contributed by atoms with Gasteiger partial charge in [-0.25, -0.2) is 0 Å². The Morgan fingerprint density at radius 2 is 1.83 bits per heavy atom. The predicted molar refractivity (Wildman–Crippen MR) is 105 cm³/mol. The zero-order chi connectivity index (χ0) is 15.8. The average molecular weight is 431 g/mol. The van der Waals surface area contributed by atoms with Gasteiger partial charge in [0.2, 0.25) is 0 Å².